The van der Waals surface area contributed by atoms with Crippen LogP contribution in [0, 0.1) is 21.7 Å². The molecule has 0 saturated carbocycles. The van der Waals surface area contributed by atoms with Crippen LogP contribution in [0.15, 0.2) is 121 Å². The number of nitrogens with two attached hydrogens (primary N) is 4. The van der Waals surface area contributed by atoms with Crippen LogP contribution in [-0.2, 0) is 93.6 Å². The smallest absolute Gasteiger partial charge is 0.259 e. The van der Waals surface area contributed by atoms with Crippen LogP contribution in [0.1, 0.15) is 158 Å². The first-order chi connectivity index (χ1) is 48.1. The number of nitrogens with one attached hydrogen (secondary N) is 3. The van der Waals surface area contributed by atoms with Crippen molar-refractivity contribution in [1.29, 1.82) is 0 Å². The van der Waals surface area contributed by atoms with Crippen molar-refractivity contribution < 1.29 is 76.5 Å². The summed E-state index contributed by atoms with van der Waals surface area (Å²) in [6.07, 6.45) is 3.56. The number of sulfonamides is 4. The quantitative estimate of drug-likeness (QED) is 0.0256. The first-order valence-corrected chi connectivity index (χ1v) is 39.9. The van der Waals surface area contributed by atoms with E-state index in [-0.39, 0.29) is 95.1 Å². The predicted octanol–water partition coefficient (Wildman–Crippen LogP) is 6.71. The van der Waals surface area contributed by atoms with Crippen LogP contribution in [0.3, 0.4) is 0 Å². The lowest BCUT2D eigenvalue weighted by Gasteiger charge is -2.25. The second-order valence-corrected chi connectivity index (χ2v) is 34.3. The van der Waals surface area contributed by atoms with Crippen molar-refractivity contribution in [2.24, 2.45) is 62.2 Å². The van der Waals surface area contributed by atoms with Crippen LogP contribution < -0.4 is 57.8 Å². The summed E-state index contributed by atoms with van der Waals surface area (Å²) in [6, 6.07) is 30.2. The van der Waals surface area contributed by atoms with Gasteiger partial charge in [-0.1, -0.05) is 113 Å². The van der Waals surface area contributed by atoms with Gasteiger partial charge in [0.1, 0.15) is 71.9 Å². The van der Waals surface area contributed by atoms with Crippen molar-refractivity contribution in [3.8, 4) is 23.0 Å². The summed E-state index contributed by atoms with van der Waals surface area (Å²) in [5, 5.41) is 8.54. The Morgan fingerprint density at radius 1 is 0.408 bits per heavy atom. The summed E-state index contributed by atoms with van der Waals surface area (Å²) in [5.74, 6) is 0.462. The lowest BCUT2D eigenvalue weighted by Crippen LogP contribution is -2.42. The minimum atomic E-state index is -3.62. The first kappa shape index (κ1) is 83.0. The fraction of sp³-hybridized carbons (Fsp3) is 0.465. The second kappa shape index (κ2) is 35.5. The molecule has 103 heavy (non-hydrogen) atoms. The Balaban J connectivity index is 0.000000217. The molecule has 28 nitrogen and oxygen atoms in total. The maximum absolute atomic E-state index is 12.6. The number of carbonyl (C=O) groups is 4. The van der Waals surface area contributed by atoms with Crippen LogP contribution in [-0.4, -0.2) is 133 Å². The number of fused-ring (bicyclic) bond motifs is 4. The number of ketones is 1. The van der Waals surface area contributed by atoms with Crippen molar-refractivity contribution in [3.63, 3.8) is 0 Å². The molecule has 4 heterocycles. The molecular formula is C71H97N11O17S4. The van der Waals surface area contributed by atoms with Gasteiger partial charge in [-0.25, -0.2) is 33.7 Å². The highest BCUT2D eigenvalue weighted by Crippen LogP contribution is 2.35. The maximum Gasteiger partial charge on any atom is 0.259 e. The summed E-state index contributed by atoms with van der Waals surface area (Å²) in [7, 11) is -14.4. The van der Waals surface area contributed by atoms with Gasteiger partial charge in [-0.3, -0.25) is 19.2 Å². The summed E-state index contributed by atoms with van der Waals surface area (Å²) in [5.41, 5.74) is 25.9. The van der Waals surface area contributed by atoms with Crippen LogP contribution in [0.5, 0.6) is 23.0 Å². The Hall–Kier alpha value is -8.98. The van der Waals surface area contributed by atoms with Gasteiger partial charge in [0.2, 0.25) is 17.7 Å². The minimum Gasteiger partial charge on any atom is -0.492 e. The Bertz CT molecular complexity index is 4370. The van der Waals surface area contributed by atoms with Crippen LogP contribution in [0.4, 0.5) is 0 Å². The van der Waals surface area contributed by atoms with Crippen molar-refractivity contribution in [2.75, 3.05) is 52.7 Å². The van der Waals surface area contributed by atoms with Crippen molar-refractivity contribution in [1.82, 2.24) is 16.0 Å². The highest BCUT2D eigenvalue weighted by molar-refractivity contribution is 7.90. The van der Waals surface area contributed by atoms with E-state index in [2.05, 4.69) is 33.5 Å². The molecular weight excluding hydrogens is 1410 g/mol. The standard InChI is InChI=1S/C22H27N3O5S.C17H24N2O4S.2C16H23N3O4S/c1-22(2,21(26)24-11-12-29-13-16-7-4-3-5-8-16)15-30-18-10-6-9-17-14-31(27,28)25-20(23)19(17)18;1-4-6-13(20)9-17(2,3)11-23-14-8-5-7-12-10-24(21,22)19-16(18)15(12)14;2*1-4-8-18-15(20)16(2,3)10-23-12-7-5-6-11-9-24(21,22)19-14(17)13(11)12/h3-10H,11-15H2,1-2H3,(H2,23,25)(H,24,26);5,7-8H,4,6,9-11H2,1-3H3,(H2,18,19);2*5-7H,4,8-10H2,1-3H3,(H2,17,19)(H,18,20). The van der Waals surface area contributed by atoms with Gasteiger partial charge in [-0.15, -0.1) is 17.6 Å². The van der Waals surface area contributed by atoms with E-state index in [4.69, 9.17) is 46.6 Å². The molecule has 0 fully saturated rings. The normalized spacial score (nSPS) is 15.8. The molecule has 0 atom stereocenters. The Kier molecular flexibility index (Phi) is 28.6. The molecule has 0 unspecified atom stereocenters. The summed E-state index contributed by atoms with van der Waals surface area (Å²) in [4.78, 5) is 48.8. The molecule has 4 aliphatic heterocycles. The molecule has 5 aromatic rings. The van der Waals surface area contributed by atoms with Crippen LogP contribution in [0.2, 0.25) is 0 Å². The topological polar surface area (TPSA) is 441 Å². The average Bonchev–Trinajstić information content (AvgIpc) is 0.799. The number of amidine groups is 4. The van der Waals surface area contributed by atoms with Crippen molar-refractivity contribution in [2.45, 2.75) is 138 Å². The van der Waals surface area contributed by atoms with Crippen molar-refractivity contribution in [3.05, 3.63) is 153 Å². The molecule has 11 N–H and O–H groups in total. The number of rotatable bonds is 28. The van der Waals surface area contributed by atoms with Gasteiger partial charge in [0.25, 0.3) is 40.1 Å². The zero-order valence-electron chi connectivity index (χ0n) is 60.2. The third kappa shape index (κ3) is 24.6. The fourth-order valence-corrected chi connectivity index (χ4v) is 14.9. The molecule has 32 heteroatoms. The maximum atomic E-state index is 12.6. The van der Waals surface area contributed by atoms with E-state index >= 15 is 0 Å². The Morgan fingerprint density at radius 3 is 1.01 bits per heavy atom. The number of nitrogens with zero attached hydrogens (tertiary/aromatic N) is 4. The van der Waals surface area contributed by atoms with E-state index in [0.717, 1.165) is 24.8 Å². The van der Waals surface area contributed by atoms with Gasteiger partial charge < -0.3 is 62.6 Å². The van der Waals surface area contributed by atoms with E-state index in [0.29, 0.717) is 120 Å². The van der Waals surface area contributed by atoms with E-state index in [1.807, 2.05) is 65.0 Å². The van der Waals surface area contributed by atoms with E-state index in [1.54, 1.807) is 114 Å². The number of Topliss-reactive ketones (excluding diaryl/α,β-unsaturated/α-hetero) is 1. The monoisotopic (exact) mass is 1500 g/mol. The summed E-state index contributed by atoms with van der Waals surface area (Å²) >= 11 is 0. The summed E-state index contributed by atoms with van der Waals surface area (Å²) in [6.45, 7) is 23.7. The molecule has 0 aliphatic carbocycles. The third-order valence-corrected chi connectivity index (χ3v) is 20.5. The number of hydrogen-bond acceptors (Lipinski definition) is 21. The largest absolute Gasteiger partial charge is 0.492 e. The first-order valence-electron chi connectivity index (χ1n) is 33.4. The average molecular weight is 1500 g/mol. The SMILES string of the molecule is CC(C)(COc1cccc2c1C(N)=NS(=O)(=O)C2)C(=O)NCCOCc1ccccc1.CCCC(=O)CC(C)(C)COc1cccc2c1C(N)=NS(=O)(=O)C2.CCCNC(=O)C(C)(C)COc1cccc2c1C(N)=NS(=O)(=O)C2.CCCNC(=O)C(C)(C)COc1cccc2c1C(N)=NS(=O)(=O)C2. The van der Waals surface area contributed by atoms with Gasteiger partial charge in [-0.05, 0) is 113 Å². The Morgan fingerprint density at radius 2 is 0.709 bits per heavy atom. The zero-order valence-corrected chi connectivity index (χ0v) is 63.5. The van der Waals surface area contributed by atoms with Crippen molar-refractivity contribution >= 4 is 86.9 Å². The highest BCUT2D eigenvalue weighted by atomic mass is 32.2. The number of hydrogen-bond donors (Lipinski definition) is 7. The minimum absolute atomic E-state index is 0.0493. The van der Waals surface area contributed by atoms with Gasteiger partial charge in [0, 0.05) is 37.9 Å². The van der Waals surface area contributed by atoms with Gasteiger partial charge >= 0.3 is 0 Å². The number of amides is 3. The molecule has 0 aromatic heterocycles. The fourth-order valence-electron chi connectivity index (χ4n) is 10.5. The summed E-state index contributed by atoms with van der Waals surface area (Å²) < 4.78 is 137. The predicted molar refractivity (Wildman–Crippen MR) is 397 cm³/mol. The highest BCUT2D eigenvalue weighted by Gasteiger charge is 2.35. The molecule has 3 amide bonds. The lowest BCUT2D eigenvalue weighted by molar-refractivity contribution is -0.131. The van der Waals surface area contributed by atoms with E-state index in [1.165, 1.54) is 0 Å². The molecule has 0 spiro atoms. The molecule has 5 aromatic carbocycles. The molecule has 0 saturated heterocycles. The van der Waals surface area contributed by atoms with Gasteiger partial charge in [-0.2, -0.15) is 0 Å². The second-order valence-electron chi connectivity index (χ2n) is 27.7. The number of benzene rings is 5. The van der Waals surface area contributed by atoms with E-state index in [9.17, 15) is 52.8 Å². The lowest BCUT2D eigenvalue weighted by atomic mass is 9.87. The van der Waals surface area contributed by atoms with E-state index < -0.39 is 56.3 Å². The van der Waals surface area contributed by atoms with Gasteiger partial charge in [0.05, 0.1) is 81.3 Å². The number of carbonyl (C=O) groups excluding carboxylic acids is 4. The Labute approximate surface area is 604 Å². The number of ether oxygens (including phenoxy) is 5. The van der Waals surface area contributed by atoms with Gasteiger partial charge in [0.15, 0.2) is 0 Å². The molecule has 9 rings (SSSR count). The van der Waals surface area contributed by atoms with Crippen LogP contribution >= 0.6 is 0 Å². The zero-order chi connectivity index (χ0) is 76.4. The molecule has 562 valence electrons. The molecule has 0 bridgehead atoms. The molecule has 4 aliphatic rings. The third-order valence-electron chi connectivity index (χ3n) is 15.9. The van der Waals surface area contributed by atoms with Crippen LogP contribution in [0.25, 0.3) is 0 Å². The molecule has 0 radical (unpaired) electrons.